The molecule has 1 aliphatic heterocycles. The first-order valence-corrected chi connectivity index (χ1v) is 5.47. The smallest absolute Gasteiger partial charge is 0.130 e. The zero-order valence-corrected chi connectivity index (χ0v) is 9.29. The standard InChI is InChI=1S/C13H17NO/c1-3-13(9-4-10-14(13)15)12-7-5-11(2)6-8-12/h4-8,10,14H,3,9H2,1-2H3. The molecule has 0 saturated heterocycles. The van der Waals surface area contributed by atoms with E-state index in [2.05, 4.69) is 38.1 Å². The van der Waals surface area contributed by atoms with Crippen LogP contribution in [0, 0.1) is 12.1 Å². The molecule has 0 spiro atoms. The third-order valence-electron chi connectivity index (χ3n) is 3.41. The normalized spacial score (nSPS) is 29.7. The summed E-state index contributed by atoms with van der Waals surface area (Å²) in [6, 6.07) is 8.34. The molecule has 1 aromatic rings. The molecule has 0 saturated carbocycles. The second kappa shape index (κ2) is 3.80. The predicted octanol–water partition coefficient (Wildman–Crippen LogP) is 1.90. The monoisotopic (exact) mass is 203 g/mol. The molecule has 2 heteroatoms. The van der Waals surface area contributed by atoms with Crippen LogP contribution < -0.4 is 5.06 Å². The fourth-order valence-electron chi connectivity index (χ4n) is 2.28. The number of benzene rings is 1. The van der Waals surface area contributed by atoms with E-state index in [1.54, 1.807) is 6.20 Å². The zero-order chi connectivity index (χ0) is 10.9. The Kier molecular flexibility index (Phi) is 2.63. The van der Waals surface area contributed by atoms with Crippen LogP contribution in [0.2, 0.25) is 0 Å². The molecular weight excluding hydrogens is 186 g/mol. The first-order chi connectivity index (χ1) is 7.19. The minimum Gasteiger partial charge on any atom is -0.629 e. The lowest BCUT2D eigenvalue weighted by molar-refractivity contribution is -0.856. The van der Waals surface area contributed by atoms with Crippen molar-refractivity contribution in [2.45, 2.75) is 32.2 Å². The summed E-state index contributed by atoms with van der Waals surface area (Å²) in [5, 5.41) is 12.2. The van der Waals surface area contributed by atoms with E-state index in [4.69, 9.17) is 0 Å². The van der Waals surface area contributed by atoms with Gasteiger partial charge < -0.3 is 10.3 Å². The molecular formula is C13H17NO. The van der Waals surface area contributed by atoms with Gasteiger partial charge in [0, 0.05) is 18.4 Å². The van der Waals surface area contributed by atoms with Crippen LogP contribution in [0.25, 0.3) is 0 Å². The van der Waals surface area contributed by atoms with Crippen LogP contribution in [0.1, 0.15) is 30.9 Å². The van der Waals surface area contributed by atoms with Gasteiger partial charge >= 0.3 is 0 Å². The summed E-state index contributed by atoms with van der Waals surface area (Å²) in [6.07, 6.45) is 5.45. The molecule has 0 bridgehead atoms. The van der Waals surface area contributed by atoms with E-state index in [0.29, 0.717) is 0 Å². The van der Waals surface area contributed by atoms with Crippen LogP contribution in [0.4, 0.5) is 0 Å². The lowest BCUT2D eigenvalue weighted by Crippen LogP contribution is -3.09. The number of aryl methyl sites for hydroxylation is 1. The van der Waals surface area contributed by atoms with Gasteiger partial charge in [-0.3, -0.25) is 0 Å². The number of hydrogen-bond donors (Lipinski definition) is 1. The topological polar surface area (TPSA) is 27.5 Å². The van der Waals surface area contributed by atoms with Crippen LogP contribution in [-0.2, 0) is 5.54 Å². The Morgan fingerprint density at radius 1 is 1.33 bits per heavy atom. The SMILES string of the molecule is CCC1(c2ccc(C)cc2)CC=C[NH+]1[O-]. The van der Waals surface area contributed by atoms with Crippen molar-refractivity contribution in [3.8, 4) is 0 Å². The number of quaternary nitrogens is 1. The van der Waals surface area contributed by atoms with Gasteiger partial charge in [0.2, 0.25) is 0 Å². The molecule has 2 atom stereocenters. The van der Waals surface area contributed by atoms with Crippen LogP contribution in [0.3, 0.4) is 0 Å². The highest BCUT2D eigenvalue weighted by molar-refractivity contribution is 5.28. The third kappa shape index (κ3) is 1.60. The molecule has 2 nitrogen and oxygen atoms in total. The van der Waals surface area contributed by atoms with Crippen LogP contribution in [-0.4, -0.2) is 0 Å². The first-order valence-electron chi connectivity index (χ1n) is 5.47. The van der Waals surface area contributed by atoms with Crippen LogP contribution >= 0.6 is 0 Å². The minimum atomic E-state index is -0.270. The van der Waals surface area contributed by atoms with Crippen molar-refractivity contribution in [2.24, 2.45) is 0 Å². The van der Waals surface area contributed by atoms with Crippen molar-refractivity contribution in [3.63, 3.8) is 0 Å². The Hall–Kier alpha value is -1.12. The fourth-order valence-corrected chi connectivity index (χ4v) is 2.28. The Labute approximate surface area is 90.8 Å². The van der Waals surface area contributed by atoms with Crippen LogP contribution in [0.15, 0.2) is 36.5 Å². The average molecular weight is 203 g/mol. The molecule has 0 aliphatic carbocycles. The van der Waals surface area contributed by atoms with Gasteiger partial charge in [0.25, 0.3) is 0 Å². The summed E-state index contributed by atoms with van der Waals surface area (Å²) in [4.78, 5) is 0. The number of nitrogens with one attached hydrogen (secondary N) is 1. The van der Waals surface area contributed by atoms with E-state index < -0.39 is 0 Å². The van der Waals surface area contributed by atoms with Gasteiger partial charge in [-0.2, -0.15) is 0 Å². The largest absolute Gasteiger partial charge is 0.629 e. The number of hydrogen-bond acceptors (Lipinski definition) is 1. The third-order valence-corrected chi connectivity index (χ3v) is 3.41. The van der Waals surface area contributed by atoms with E-state index >= 15 is 0 Å². The summed E-state index contributed by atoms with van der Waals surface area (Å²) in [5.41, 5.74) is 2.13. The van der Waals surface area contributed by atoms with Gasteiger partial charge in [0.15, 0.2) is 0 Å². The lowest BCUT2D eigenvalue weighted by atomic mass is 9.85. The molecule has 15 heavy (non-hydrogen) atoms. The highest BCUT2D eigenvalue weighted by Gasteiger charge is 2.38. The van der Waals surface area contributed by atoms with Crippen molar-refractivity contribution in [1.29, 1.82) is 0 Å². The molecule has 0 amide bonds. The van der Waals surface area contributed by atoms with Crippen molar-refractivity contribution in [3.05, 3.63) is 52.9 Å². The van der Waals surface area contributed by atoms with Crippen molar-refractivity contribution in [1.82, 2.24) is 0 Å². The second-order valence-corrected chi connectivity index (χ2v) is 4.27. The maximum Gasteiger partial charge on any atom is 0.130 e. The zero-order valence-electron chi connectivity index (χ0n) is 9.29. The quantitative estimate of drug-likeness (QED) is 0.730. The minimum absolute atomic E-state index is 0.258. The van der Waals surface area contributed by atoms with Gasteiger partial charge in [0.05, 0.1) is 6.20 Å². The van der Waals surface area contributed by atoms with E-state index in [0.717, 1.165) is 18.4 Å². The predicted molar refractivity (Wildman–Crippen MR) is 61.2 cm³/mol. The lowest BCUT2D eigenvalue weighted by Gasteiger charge is -2.37. The molecule has 2 rings (SSSR count). The highest BCUT2D eigenvalue weighted by atomic mass is 16.5. The molecule has 0 aromatic heterocycles. The van der Waals surface area contributed by atoms with Crippen molar-refractivity contribution in [2.75, 3.05) is 0 Å². The van der Waals surface area contributed by atoms with E-state index in [1.807, 2.05) is 6.08 Å². The van der Waals surface area contributed by atoms with Gasteiger partial charge in [-0.1, -0.05) is 36.8 Å². The summed E-state index contributed by atoms with van der Waals surface area (Å²) in [7, 11) is 0. The van der Waals surface area contributed by atoms with Gasteiger partial charge in [-0.25, -0.2) is 0 Å². The average Bonchev–Trinajstić information content (AvgIpc) is 2.62. The Morgan fingerprint density at radius 2 is 2.00 bits per heavy atom. The maximum atomic E-state index is 11.9. The van der Waals surface area contributed by atoms with Crippen LogP contribution in [0.5, 0.6) is 0 Å². The number of rotatable bonds is 2. The molecule has 80 valence electrons. The Balaban J connectivity index is 2.39. The van der Waals surface area contributed by atoms with E-state index in [-0.39, 0.29) is 10.6 Å². The van der Waals surface area contributed by atoms with E-state index in [1.165, 1.54) is 5.56 Å². The highest BCUT2D eigenvalue weighted by Crippen LogP contribution is 2.28. The van der Waals surface area contributed by atoms with Gasteiger partial charge in [0.1, 0.15) is 5.54 Å². The maximum absolute atomic E-state index is 11.9. The molecule has 0 radical (unpaired) electrons. The summed E-state index contributed by atoms with van der Waals surface area (Å²) < 4.78 is 0. The van der Waals surface area contributed by atoms with Crippen molar-refractivity contribution < 1.29 is 5.06 Å². The second-order valence-electron chi connectivity index (χ2n) is 4.27. The van der Waals surface area contributed by atoms with Gasteiger partial charge in [-0.15, -0.1) is 0 Å². The Morgan fingerprint density at radius 3 is 2.47 bits per heavy atom. The summed E-state index contributed by atoms with van der Waals surface area (Å²) in [6.45, 7) is 4.15. The Bertz CT molecular complexity index is 369. The fraction of sp³-hybridized carbons (Fsp3) is 0.385. The molecule has 1 aromatic carbocycles. The summed E-state index contributed by atoms with van der Waals surface area (Å²) in [5.74, 6) is 0. The molecule has 0 fully saturated rings. The molecule has 1 aliphatic rings. The van der Waals surface area contributed by atoms with E-state index in [9.17, 15) is 5.21 Å². The van der Waals surface area contributed by atoms with Gasteiger partial charge in [-0.05, 0) is 13.0 Å². The van der Waals surface area contributed by atoms with Crippen molar-refractivity contribution >= 4 is 0 Å². The molecule has 1 heterocycles. The first kappa shape index (κ1) is 10.4. The molecule has 1 N–H and O–H groups in total. The number of hydroxylamine groups is 2. The molecule has 2 unspecified atom stereocenters. The summed E-state index contributed by atoms with van der Waals surface area (Å²) >= 11 is 0.